The summed E-state index contributed by atoms with van der Waals surface area (Å²) in [5.74, 6) is 0.448. The van der Waals surface area contributed by atoms with Crippen LogP contribution in [0.15, 0.2) is 24.3 Å². The van der Waals surface area contributed by atoms with Crippen molar-refractivity contribution in [3.63, 3.8) is 0 Å². The summed E-state index contributed by atoms with van der Waals surface area (Å²) in [6.07, 6.45) is 3.31. The van der Waals surface area contributed by atoms with Gasteiger partial charge in [0.15, 0.2) is 0 Å². The maximum absolute atomic E-state index is 12.3. The number of fused-ring (bicyclic) bond motifs is 1. The number of amides is 1. The molecule has 110 valence electrons. The molecule has 1 aromatic carbocycles. The Labute approximate surface area is 121 Å². The number of aryl methyl sites for hydroxylation is 1. The molecule has 0 fully saturated rings. The lowest BCUT2D eigenvalue weighted by Crippen LogP contribution is -2.37. The minimum Gasteiger partial charge on any atom is -0.391 e. The van der Waals surface area contributed by atoms with Gasteiger partial charge in [0.05, 0.1) is 12.0 Å². The Morgan fingerprint density at radius 2 is 2.15 bits per heavy atom. The zero-order valence-electron chi connectivity index (χ0n) is 12.4. The first kappa shape index (κ1) is 15.0. The van der Waals surface area contributed by atoms with E-state index in [9.17, 15) is 9.90 Å². The Hall–Kier alpha value is -1.35. The van der Waals surface area contributed by atoms with Crippen molar-refractivity contribution < 1.29 is 9.90 Å². The summed E-state index contributed by atoms with van der Waals surface area (Å²) < 4.78 is 0. The smallest absolute Gasteiger partial charge is 0.227 e. The summed E-state index contributed by atoms with van der Waals surface area (Å²) in [4.78, 5) is 12.3. The van der Waals surface area contributed by atoms with Gasteiger partial charge in [0.25, 0.3) is 0 Å². The highest BCUT2D eigenvalue weighted by atomic mass is 16.3. The van der Waals surface area contributed by atoms with Gasteiger partial charge in [-0.25, -0.2) is 0 Å². The van der Waals surface area contributed by atoms with Crippen LogP contribution in [0, 0.1) is 5.92 Å². The molecule has 0 heterocycles. The highest BCUT2D eigenvalue weighted by Gasteiger charge is 2.26. The average molecular weight is 275 g/mol. The Bertz CT molecular complexity index is 456. The highest BCUT2D eigenvalue weighted by Crippen LogP contribution is 2.31. The largest absolute Gasteiger partial charge is 0.391 e. The van der Waals surface area contributed by atoms with Gasteiger partial charge in [-0.1, -0.05) is 38.1 Å². The summed E-state index contributed by atoms with van der Waals surface area (Å²) in [6.45, 7) is 4.50. The van der Waals surface area contributed by atoms with Crippen LogP contribution in [-0.4, -0.2) is 23.7 Å². The minimum atomic E-state index is -0.446. The van der Waals surface area contributed by atoms with Crippen LogP contribution in [0.1, 0.15) is 50.2 Å². The zero-order chi connectivity index (χ0) is 14.5. The fraction of sp³-hybridized carbons (Fsp3) is 0.588. The van der Waals surface area contributed by atoms with Crippen LogP contribution < -0.4 is 5.32 Å². The van der Waals surface area contributed by atoms with Crippen molar-refractivity contribution in [2.45, 2.75) is 51.6 Å². The molecule has 2 atom stereocenters. The molecular weight excluding hydrogens is 250 g/mol. The van der Waals surface area contributed by atoms with Crippen molar-refractivity contribution in [3.8, 4) is 0 Å². The molecule has 3 heteroatoms. The molecule has 3 nitrogen and oxygen atoms in total. The fourth-order valence-corrected chi connectivity index (χ4v) is 3.00. The number of aliphatic hydroxyl groups excluding tert-OH is 1. The van der Waals surface area contributed by atoms with Gasteiger partial charge in [0, 0.05) is 6.54 Å². The lowest BCUT2D eigenvalue weighted by atomic mass is 9.82. The maximum Gasteiger partial charge on any atom is 0.227 e. The van der Waals surface area contributed by atoms with Gasteiger partial charge in [-0.15, -0.1) is 0 Å². The topological polar surface area (TPSA) is 49.3 Å². The second kappa shape index (κ2) is 6.89. The summed E-state index contributed by atoms with van der Waals surface area (Å²) in [6, 6.07) is 8.20. The quantitative estimate of drug-likeness (QED) is 0.868. The summed E-state index contributed by atoms with van der Waals surface area (Å²) >= 11 is 0. The molecule has 2 rings (SSSR count). The number of carbonyl (C=O) groups excluding carboxylic acids is 1. The standard InChI is InChI=1S/C17H25NO2/c1-12(2)10-14(19)11-18-17(20)16-9-5-7-13-6-3-4-8-15(13)16/h3-4,6,8,12,14,16,19H,5,7,9-11H2,1-2H3,(H,18,20). The van der Waals surface area contributed by atoms with Gasteiger partial charge >= 0.3 is 0 Å². The molecule has 0 spiro atoms. The molecule has 1 aliphatic rings. The molecule has 0 aliphatic heterocycles. The van der Waals surface area contributed by atoms with Gasteiger partial charge in [-0.2, -0.15) is 0 Å². The van der Waals surface area contributed by atoms with Crippen LogP contribution in [0.25, 0.3) is 0 Å². The van der Waals surface area contributed by atoms with Crippen LogP contribution in [0.2, 0.25) is 0 Å². The third-order valence-electron chi connectivity index (χ3n) is 3.94. The highest BCUT2D eigenvalue weighted by molar-refractivity contribution is 5.84. The van der Waals surface area contributed by atoms with Gasteiger partial charge in [0.1, 0.15) is 0 Å². The molecule has 2 N–H and O–H groups in total. The zero-order valence-corrected chi connectivity index (χ0v) is 12.4. The van der Waals surface area contributed by atoms with E-state index in [4.69, 9.17) is 0 Å². The van der Waals surface area contributed by atoms with Crippen LogP contribution in [0.4, 0.5) is 0 Å². The molecule has 0 bridgehead atoms. The number of aliphatic hydroxyl groups is 1. The maximum atomic E-state index is 12.3. The van der Waals surface area contributed by atoms with Gasteiger partial charge in [-0.05, 0) is 42.7 Å². The average Bonchev–Trinajstić information content (AvgIpc) is 2.43. The molecule has 0 aromatic heterocycles. The number of nitrogens with one attached hydrogen (secondary N) is 1. The van der Waals surface area contributed by atoms with E-state index < -0.39 is 6.10 Å². The van der Waals surface area contributed by atoms with Crippen molar-refractivity contribution >= 4 is 5.91 Å². The SMILES string of the molecule is CC(C)CC(O)CNC(=O)C1CCCc2ccccc21. The molecule has 0 saturated carbocycles. The normalized spacial score (nSPS) is 19.5. The number of hydrogen-bond acceptors (Lipinski definition) is 2. The first-order valence-corrected chi connectivity index (χ1v) is 7.61. The van der Waals surface area contributed by atoms with E-state index in [1.54, 1.807) is 0 Å². The Kier molecular flexibility index (Phi) is 5.18. The van der Waals surface area contributed by atoms with Gasteiger partial charge in [-0.3, -0.25) is 4.79 Å². The Morgan fingerprint density at radius 3 is 2.90 bits per heavy atom. The van der Waals surface area contributed by atoms with Gasteiger partial charge in [0.2, 0.25) is 5.91 Å². The molecule has 0 saturated heterocycles. The number of rotatable bonds is 5. The van der Waals surface area contributed by atoms with Crippen LogP contribution >= 0.6 is 0 Å². The van der Waals surface area contributed by atoms with Crippen LogP contribution in [-0.2, 0) is 11.2 Å². The molecule has 2 unspecified atom stereocenters. The van der Waals surface area contributed by atoms with Crippen molar-refractivity contribution in [1.29, 1.82) is 0 Å². The van der Waals surface area contributed by atoms with Crippen molar-refractivity contribution in [2.24, 2.45) is 5.92 Å². The van der Waals surface area contributed by atoms with Crippen molar-refractivity contribution in [1.82, 2.24) is 5.32 Å². The van der Waals surface area contributed by atoms with E-state index in [0.29, 0.717) is 12.5 Å². The molecule has 1 amide bonds. The van der Waals surface area contributed by atoms with E-state index in [-0.39, 0.29) is 11.8 Å². The first-order chi connectivity index (χ1) is 9.58. The predicted molar refractivity (Wildman–Crippen MR) is 80.6 cm³/mol. The summed E-state index contributed by atoms with van der Waals surface area (Å²) in [7, 11) is 0. The second-order valence-electron chi connectivity index (χ2n) is 6.17. The minimum absolute atomic E-state index is 0.0498. The number of carbonyl (C=O) groups is 1. The van der Waals surface area contributed by atoms with E-state index in [2.05, 4.69) is 31.3 Å². The monoisotopic (exact) mass is 275 g/mol. The summed E-state index contributed by atoms with van der Waals surface area (Å²) in [5.41, 5.74) is 2.45. The lowest BCUT2D eigenvalue weighted by molar-refractivity contribution is -0.123. The van der Waals surface area contributed by atoms with Crippen LogP contribution in [0.3, 0.4) is 0 Å². The molecule has 20 heavy (non-hydrogen) atoms. The molecule has 1 aliphatic carbocycles. The van der Waals surface area contributed by atoms with Gasteiger partial charge < -0.3 is 10.4 Å². The fourth-order valence-electron chi connectivity index (χ4n) is 3.00. The van der Waals surface area contributed by atoms with E-state index in [1.807, 2.05) is 12.1 Å². The second-order valence-corrected chi connectivity index (χ2v) is 6.17. The van der Waals surface area contributed by atoms with E-state index in [0.717, 1.165) is 31.2 Å². The first-order valence-electron chi connectivity index (χ1n) is 7.61. The lowest BCUT2D eigenvalue weighted by Gasteiger charge is -2.25. The van der Waals surface area contributed by atoms with Crippen LogP contribution in [0.5, 0.6) is 0 Å². The Balaban J connectivity index is 1.94. The summed E-state index contributed by atoms with van der Waals surface area (Å²) in [5, 5.41) is 12.8. The number of hydrogen-bond donors (Lipinski definition) is 2. The van der Waals surface area contributed by atoms with E-state index in [1.165, 1.54) is 5.56 Å². The molecule has 0 radical (unpaired) electrons. The van der Waals surface area contributed by atoms with E-state index >= 15 is 0 Å². The van der Waals surface area contributed by atoms with Crippen molar-refractivity contribution in [3.05, 3.63) is 35.4 Å². The number of benzene rings is 1. The van der Waals surface area contributed by atoms with Crippen molar-refractivity contribution in [2.75, 3.05) is 6.54 Å². The predicted octanol–water partition coefficient (Wildman–Crippen LogP) is 2.63. The molecular formula is C17H25NO2. The third-order valence-corrected chi connectivity index (χ3v) is 3.94. The molecule has 1 aromatic rings. The Morgan fingerprint density at radius 1 is 1.40 bits per heavy atom. The third kappa shape index (κ3) is 3.83.